The summed E-state index contributed by atoms with van der Waals surface area (Å²) in [6.45, 7) is 8.86. The molecule has 0 aliphatic carbocycles. The maximum Gasteiger partial charge on any atom is 0.119 e. The molecule has 1 aromatic carbocycles. The Morgan fingerprint density at radius 3 is 2.12 bits per heavy atom. The van der Waals surface area contributed by atoms with Crippen molar-refractivity contribution in [1.29, 1.82) is 0 Å². The molecule has 0 aliphatic rings. The third-order valence-electron chi connectivity index (χ3n) is 3.06. The first-order valence-electron chi connectivity index (χ1n) is 6.22. The molecule has 1 unspecified atom stereocenters. The molecule has 0 aromatic heterocycles. The predicted octanol–water partition coefficient (Wildman–Crippen LogP) is 4.66. The van der Waals surface area contributed by atoms with E-state index in [1.54, 1.807) is 7.11 Å². The molecule has 2 heteroatoms. The summed E-state index contributed by atoms with van der Waals surface area (Å²) < 4.78 is 5.29. The second-order valence-electron chi connectivity index (χ2n) is 5.17. The zero-order valence-corrected chi connectivity index (χ0v) is 13.1. The Labute approximate surface area is 114 Å². The lowest BCUT2D eigenvalue weighted by Crippen LogP contribution is -2.09. The molecule has 0 saturated heterocycles. The van der Waals surface area contributed by atoms with E-state index < -0.39 is 0 Å². The summed E-state index contributed by atoms with van der Waals surface area (Å²) >= 11 is 3.79. The van der Waals surface area contributed by atoms with Crippen molar-refractivity contribution in [2.75, 3.05) is 7.11 Å². The normalized spacial score (nSPS) is 12.9. The Hall–Kier alpha value is -0.500. The lowest BCUT2D eigenvalue weighted by molar-refractivity contribution is 0.414. The van der Waals surface area contributed by atoms with Crippen LogP contribution in [-0.2, 0) is 6.42 Å². The SMILES string of the molecule is COc1cc(C)c(CC(Br)CC(C)C)c(C)c1. The first-order valence-corrected chi connectivity index (χ1v) is 7.13. The fourth-order valence-electron chi connectivity index (χ4n) is 2.21. The van der Waals surface area contributed by atoms with E-state index in [2.05, 4.69) is 55.8 Å². The second-order valence-corrected chi connectivity index (χ2v) is 6.47. The smallest absolute Gasteiger partial charge is 0.119 e. The Morgan fingerprint density at radius 1 is 1.18 bits per heavy atom. The first-order chi connectivity index (χ1) is 7.93. The number of aryl methyl sites for hydroxylation is 2. The van der Waals surface area contributed by atoms with Gasteiger partial charge in [-0.05, 0) is 61.4 Å². The van der Waals surface area contributed by atoms with Gasteiger partial charge in [0, 0.05) is 4.83 Å². The fraction of sp³-hybridized carbons (Fsp3) is 0.600. The number of hydrogen-bond acceptors (Lipinski definition) is 1. The number of rotatable bonds is 5. The van der Waals surface area contributed by atoms with Gasteiger partial charge in [-0.15, -0.1) is 0 Å². The maximum absolute atomic E-state index is 5.29. The molecule has 0 aliphatic heterocycles. The van der Waals surface area contributed by atoms with Crippen LogP contribution in [0.5, 0.6) is 5.75 Å². The van der Waals surface area contributed by atoms with Crippen molar-refractivity contribution in [2.24, 2.45) is 5.92 Å². The van der Waals surface area contributed by atoms with E-state index in [9.17, 15) is 0 Å². The highest BCUT2D eigenvalue weighted by Crippen LogP contribution is 2.26. The van der Waals surface area contributed by atoms with Gasteiger partial charge in [-0.1, -0.05) is 29.8 Å². The van der Waals surface area contributed by atoms with E-state index in [1.807, 2.05) is 0 Å². The van der Waals surface area contributed by atoms with Crippen molar-refractivity contribution in [1.82, 2.24) is 0 Å². The molecule has 0 spiro atoms. The van der Waals surface area contributed by atoms with Crippen LogP contribution < -0.4 is 4.74 Å². The number of halogens is 1. The van der Waals surface area contributed by atoms with E-state index in [4.69, 9.17) is 4.74 Å². The zero-order chi connectivity index (χ0) is 13.0. The van der Waals surface area contributed by atoms with Crippen LogP contribution in [0.4, 0.5) is 0 Å². The van der Waals surface area contributed by atoms with Crippen molar-refractivity contribution in [3.05, 3.63) is 28.8 Å². The van der Waals surface area contributed by atoms with E-state index in [0.717, 1.165) is 18.1 Å². The van der Waals surface area contributed by atoms with E-state index in [0.29, 0.717) is 4.83 Å². The Kier molecular flexibility index (Phi) is 5.51. The van der Waals surface area contributed by atoms with Gasteiger partial charge in [0.05, 0.1) is 7.11 Å². The molecule has 17 heavy (non-hydrogen) atoms. The van der Waals surface area contributed by atoms with Gasteiger partial charge in [0.2, 0.25) is 0 Å². The number of hydrogen-bond donors (Lipinski definition) is 0. The number of ether oxygens (including phenoxy) is 1. The van der Waals surface area contributed by atoms with Crippen LogP contribution in [0.3, 0.4) is 0 Å². The monoisotopic (exact) mass is 298 g/mol. The summed E-state index contributed by atoms with van der Waals surface area (Å²) in [5, 5.41) is 0. The maximum atomic E-state index is 5.29. The molecule has 0 N–H and O–H groups in total. The number of methoxy groups -OCH3 is 1. The van der Waals surface area contributed by atoms with Gasteiger partial charge in [-0.3, -0.25) is 0 Å². The van der Waals surface area contributed by atoms with Crippen LogP contribution in [0, 0.1) is 19.8 Å². The average molecular weight is 299 g/mol. The molecule has 0 amide bonds. The summed E-state index contributed by atoms with van der Waals surface area (Å²) in [6.07, 6.45) is 2.31. The summed E-state index contributed by atoms with van der Waals surface area (Å²) in [5.74, 6) is 1.69. The molecule has 0 fully saturated rings. The van der Waals surface area contributed by atoms with Crippen LogP contribution in [0.15, 0.2) is 12.1 Å². The minimum atomic E-state index is 0.563. The first kappa shape index (κ1) is 14.6. The Balaban J connectivity index is 2.84. The van der Waals surface area contributed by atoms with Gasteiger partial charge in [0.1, 0.15) is 5.75 Å². The highest BCUT2D eigenvalue weighted by Gasteiger charge is 2.12. The van der Waals surface area contributed by atoms with Crippen molar-refractivity contribution in [2.45, 2.75) is 45.4 Å². The summed E-state index contributed by atoms with van der Waals surface area (Å²) in [6, 6.07) is 4.24. The summed E-state index contributed by atoms with van der Waals surface area (Å²) in [4.78, 5) is 0.563. The lowest BCUT2D eigenvalue weighted by Gasteiger charge is -2.17. The Bertz CT molecular complexity index is 348. The minimum Gasteiger partial charge on any atom is -0.497 e. The van der Waals surface area contributed by atoms with Crippen molar-refractivity contribution in [3.63, 3.8) is 0 Å². The van der Waals surface area contributed by atoms with Crippen molar-refractivity contribution in [3.8, 4) is 5.75 Å². The van der Waals surface area contributed by atoms with E-state index in [-0.39, 0.29) is 0 Å². The average Bonchev–Trinajstić information content (AvgIpc) is 2.22. The largest absolute Gasteiger partial charge is 0.497 e. The molecular weight excluding hydrogens is 276 g/mol. The van der Waals surface area contributed by atoms with Crippen molar-refractivity contribution < 1.29 is 4.74 Å². The van der Waals surface area contributed by atoms with E-state index >= 15 is 0 Å². The van der Waals surface area contributed by atoms with Gasteiger partial charge < -0.3 is 4.74 Å². The zero-order valence-electron chi connectivity index (χ0n) is 11.5. The highest BCUT2D eigenvalue weighted by atomic mass is 79.9. The molecule has 1 aromatic rings. The quantitative estimate of drug-likeness (QED) is 0.718. The summed E-state index contributed by atoms with van der Waals surface area (Å²) in [7, 11) is 1.72. The van der Waals surface area contributed by atoms with Gasteiger partial charge in [-0.25, -0.2) is 0 Å². The standard InChI is InChI=1S/C15H23BrO/c1-10(2)6-13(16)9-15-11(3)7-14(17-5)8-12(15)4/h7-8,10,13H,6,9H2,1-5H3. The third-order valence-corrected chi connectivity index (χ3v) is 3.76. The van der Waals surface area contributed by atoms with Crippen LogP contribution in [0.2, 0.25) is 0 Å². The molecular formula is C15H23BrO. The molecule has 0 radical (unpaired) electrons. The molecule has 1 nitrogen and oxygen atoms in total. The predicted molar refractivity (Wildman–Crippen MR) is 78.3 cm³/mol. The van der Waals surface area contributed by atoms with Gasteiger partial charge in [-0.2, -0.15) is 0 Å². The van der Waals surface area contributed by atoms with Gasteiger partial charge >= 0.3 is 0 Å². The topological polar surface area (TPSA) is 9.23 Å². The molecule has 96 valence electrons. The van der Waals surface area contributed by atoms with Gasteiger partial charge in [0.25, 0.3) is 0 Å². The van der Waals surface area contributed by atoms with Gasteiger partial charge in [0.15, 0.2) is 0 Å². The van der Waals surface area contributed by atoms with Crippen LogP contribution in [0.1, 0.15) is 37.0 Å². The minimum absolute atomic E-state index is 0.563. The Morgan fingerprint density at radius 2 is 1.71 bits per heavy atom. The van der Waals surface area contributed by atoms with E-state index in [1.165, 1.54) is 23.1 Å². The third kappa shape index (κ3) is 4.34. The molecule has 0 saturated carbocycles. The van der Waals surface area contributed by atoms with Crippen molar-refractivity contribution >= 4 is 15.9 Å². The molecule has 0 heterocycles. The van der Waals surface area contributed by atoms with Crippen LogP contribution in [-0.4, -0.2) is 11.9 Å². The number of alkyl halides is 1. The van der Waals surface area contributed by atoms with Crippen LogP contribution in [0.25, 0.3) is 0 Å². The van der Waals surface area contributed by atoms with Crippen LogP contribution >= 0.6 is 15.9 Å². The number of benzene rings is 1. The lowest BCUT2D eigenvalue weighted by atomic mass is 9.95. The molecule has 1 atom stereocenters. The fourth-order valence-corrected chi connectivity index (χ4v) is 3.28. The summed E-state index contributed by atoms with van der Waals surface area (Å²) in [5.41, 5.74) is 4.11. The molecule has 1 rings (SSSR count). The second kappa shape index (κ2) is 6.44. The highest BCUT2D eigenvalue weighted by molar-refractivity contribution is 9.09. The molecule has 0 bridgehead atoms.